The van der Waals surface area contributed by atoms with Crippen molar-refractivity contribution in [1.29, 1.82) is 0 Å². The molecule has 11 atom stereocenters. The standard InChI is InChI=1S/C89H130N16O30/c1-54(2)46-66(97-81(121)67(53-106)98-82(122)68-22-17-37-105(68)83(123)56(4)93-78(118)60-31-35-90-36-32-60)88(132)135-57(5)134-77(117)30-26-63(86(128)129)100-89(133)99-62(85(126)127)21-14-16-34-92-72(109)24-12-7-6-11-23-71(108)91-33-15-13-20-61(84(124)125)95-80(120)65(48-58-18-9-8-10-19-58)96-79(119)64(49-59-25-28-70(107)55(3)47-59)94-73(110)29-27-69(87(130)131)104-44-42-102(51-75(113)114)40-38-101(50-74(111)112)39-41-103(43-45-104)52-76(115)116/h8-10,18-19,25,28,31-32,35-36,47,54,56-57,61-69,106-107H,6-7,11-17,20-24,26-27,29-30,33-34,37-46,48-53H2,1-5H3,(H,91,108)(H,92,109)(H,93,118)(H,94,110)(H,95,120)(H,96,119)(H,97,121)(H,98,122)(H,111,112)(H,113,114)(H,115,116)(H,124,125)(H,126,127)(H,128,129)(H,130,131)(H2,99,100,133)/t56-,57?,61?,62+,63+,64-,65-,66+,67+,68+,69+/m1/s1. The Morgan fingerprint density at radius 2 is 0.948 bits per heavy atom. The van der Waals surface area contributed by atoms with Gasteiger partial charge in [0.2, 0.25) is 53.5 Å². The van der Waals surface area contributed by atoms with Gasteiger partial charge in [0.15, 0.2) is 0 Å². The monoisotopic (exact) mass is 1900 g/mol. The number of pyridine rings is 1. The van der Waals surface area contributed by atoms with Gasteiger partial charge < -0.3 is 114 Å². The summed E-state index contributed by atoms with van der Waals surface area (Å²) in [5, 5.41) is 115. The van der Waals surface area contributed by atoms with Crippen molar-refractivity contribution in [3.05, 3.63) is 95.3 Å². The number of rotatable bonds is 58. The number of amides is 11. The van der Waals surface area contributed by atoms with Gasteiger partial charge in [-0.1, -0.05) is 69.2 Å². The van der Waals surface area contributed by atoms with Gasteiger partial charge in [-0.2, -0.15) is 0 Å². The molecule has 46 nitrogen and oxygen atoms in total. The van der Waals surface area contributed by atoms with E-state index in [4.69, 9.17) is 9.47 Å². The molecule has 46 heteroatoms. The van der Waals surface area contributed by atoms with Crippen LogP contribution in [0.1, 0.15) is 177 Å². The summed E-state index contributed by atoms with van der Waals surface area (Å²) in [4.78, 5) is 258. The highest BCUT2D eigenvalue weighted by Crippen LogP contribution is 2.23. The molecule has 2 aromatic carbocycles. The third kappa shape index (κ3) is 43.2. The van der Waals surface area contributed by atoms with Crippen LogP contribution in [0.3, 0.4) is 0 Å². The van der Waals surface area contributed by atoms with E-state index in [2.05, 4.69) is 58.2 Å². The van der Waals surface area contributed by atoms with Gasteiger partial charge in [-0.05, 0) is 138 Å². The molecule has 19 N–H and O–H groups in total. The number of likely N-dealkylation sites (tertiary alicyclic amines) is 1. The van der Waals surface area contributed by atoms with Crippen LogP contribution in [-0.2, 0) is 104 Å². The minimum Gasteiger partial charge on any atom is -0.508 e. The van der Waals surface area contributed by atoms with Crippen molar-refractivity contribution in [2.24, 2.45) is 5.92 Å². The summed E-state index contributed by atoms with van der Waals surface area (Å²) in [5.74, 6) is -18.0. The number of esters is 2. The normalized spacial score (nSPS) is 16.3. The zero-order valence-electron chi connectivity index (χ0n) is 76.6. The maximum atomic E-state index is 14.6. The summed E-state index contributed by atoms with van der Waals surface area (Å²) in [5.41, 5.74) is 1.67. The number of hydrogen-bond donors (Lipinski definition) is 19. The number of carbonyl (C=O) groups is 19. The summed E-state index contributed by atoms with van der Waals surface area (Å²) in [6.45, 7) is 5.92. The van der Waals surface area contributed by atoms with E-state index in [0.717, 1.165) is 6.92 Å². The summed E-state index contributed by atoms with van der Waals surface area (Å²) in [6, 6.07) is 0.388. The minimum atomic E-state index is -1.75. The van der Waals surface area contributed by atoms with E-state index in [1.165, 1.54) is 63.2 Å². The molecule has 3 aromatic rings. The van der Waals surface area contributed by atoms with Gasteiger partial charge >= 0.3 is 59.8 Å². The number of nitrogens with one attached hydrogen (secondary N) is 10. The second kappa shape index (κ2) is 59.5. The summed E-state index contributed by atoms with van der Waals surface area (Å²) in [6.07, 6.45) is 2.46. The van der Waals surface area contributed by atoms with Crippen LogP contribution >= 0.6 is 0 Å². The van der Waals surface area contributed by atoms with E-state index < -0.39 is 213 Å². The molecule has 0 aliphatic carbocycles. The van der Waals surface area contributed by atoms with Gasteiger partial charge in [-0.3, -0.25) is 91.7 Å². The van der Waals surface area contributed by atoms with E-state index in [0.29, 0.717) is 55.2 Å². The number of aryl methyl sites for hydroxylation is 1. The lowest BCUT2D eigenvalue weighted by atomic mass is 10.00. The van der Waals surface area contributed by atoms with Crippen molar-refractivity contribution >= 4 is 113 Å². The number of aromatic hydroxyl groups is 1. The number of ether oxygens (including phenoxy) is 2. The molecule has 2 aliphatic heterocycles. The first-order chi connectivity index (χ1) is 64.1. The first-order valence-electron chi connectivity index (χ1n) is 45.0. The van der Waals surface area contributed by atoms with Crippen molar-refractivity contribution in [1.82, 2.24) is 82.7 Å². The molecular weight excluding hydrogens is 1770 g/mol. The summed E-state index contributed by atoms with van der Waals surface area (Å²) >= 11 is 0. The fourth-order valence-corrected chi connectivity index (χ4v) is 15.0. The van der Waals surface area contributed by atoms with Crippen LogP contribution in [0.15, 0.2) is 73.1 Å². The van der Waals surface area contributed by atoms with Crippen LogP contribution in [0.25, 0.3) is 0 Å². The Bertz CT molecular complexity index is 4440. The number of unbranched alkanes of at least 4 members (excludes halogenated alkanes) is 5. The number of benzene rings is 2. The quantitative estimate of drug-likeness (QED) is 0.0188. The van der Waals surface area contributed by atoms with Crippen molar-refractivity contribution in [2.45, 2.75) is 236 Å². The highest BCUT2D eigenvalue weighted by atomic mass is 16.7. The SMILES string of the molecule is Cc1cc(C[C@@H](NC(=O)CC[C@@H](C(=O)O)N2CCN(CC(=O)O)CCN(CC(=O)O)CCN(CC(=O)O)CC2)C(=O)N[C@H](Cc2ccccc2)C(=O)NC(CCCCNC(=O)CCCCCCC(=O)NCCCC[C@H](NC(=O)N[C@@H](CCC(=O)OC(C)OC(=O)[C@H](CC(C)C)NC(=O)[C@H](CO)NC(=O)[C@@H]2CCCN2C(=O)[C@@H](C)NC(=O)c2ccncc2)C(=O)O)C(=O)O)C(=O)O)ccc1O. The second-order valence-electron chi connectivity index (χ2n) is 33.6. The molecule has 3 heterocycles. The van der Waals surface area contributed by atoms with E-state index in [9.17, 15) is 137 Å². The number of nitrogens with zero attached hydrogens (tertiary/aromatic N) is 6. The number of hydrogen-bond acceptors (Lipinski definition) is 28. The highest BCUT2D eigenvalue weighted by molar-refractivity contribution is 5.99. The number of aliphatic hydroxyl groups is 1. The van der Waals surface area contributed by atoms with E-state index in [1.54, 1.807) is 62.1 Å². The number of phenols is 1. The van der Waals surface area contributed by atoms with Gasteiger partial charge in [0.1, 0.15) is 66.2 Å². The number of phenolic OH excluding ortho intramolecular Hbond substituents is 1. The third-order valence-corrected chi connectivity index (χ3v) is 22.3. The molecule has 2 aliphatic rings. The largest absolute Gasteiger partial charge is 0.508 e. The molecule has 0 radical (unpaired) electrons. The first-order valence-corrected chi connectivity index (χ1v) is 45.0. The van der Waals surface area contributed by atoms with Gasteiger partial charge in [0.05, 0.1) is 26.2 Å². The molecular formula is C89H130N16O30. The first kappa shape index (κ1) is 112. The Kier molecular flexibility index (Phi) is 49.6. The van der Waals surface area contributed by atoms with Crippen LogP contribution in [0.5, 0.6) is 5.75 Å². The molecule has 0 spiro atoms. The Morgan fingerprint density at radius 3 is 1.45 bits per heavy atom. The Morgan fingerprint density at radius 1 is 0.459 bits per heavy atom. The number of carbonyl (C=O) groups excluding carboxylic acids is 12. The molecule has 2 unspecified atom stereocenters. The highest BCUT2D eigenvalue weighted by Gasteiger charge is 2.40. The number of aromatic nitrogens is 1. The van der Waals surface area contributed by atoms with Crippen molar-refractivity contribution in [2.75, 3.05) is 98.2 Å². The molecule has 0 bridgehead atoms. The van der Waals surface area contributed by atoms with Crippen LogP contribution in [0, 0.1) is 12.8 Å². The predicted molar refractivity (Wildman–Crippen MR) is 478 cm³/mol. The minimum absolute atomic E-state index is 0.0194. The third-order valence-electron chi connectivity index (χ3n) is 22.3. The van der Waals surface area contributed by atoms with Gasteiger partial charge in [-0.25, -0.2) is 24.0 Å². The van der Waals surface area contributed by atoms with Crippen molar-refractivity contribution < 1.29 is 147 Å². The predicted octanol–water partition coefficient (Wildman–Crippen LogP) is -0.722. The second-order valence-corrected chi connectivity index (χ2v) is 33.6. The van der Waals surface area contributed by atoms with E-state index >= 15 is 0 Å². The van der Waals surface area contributed by atoms with Crippen LogP contribution in [-0.4, -0.2) is 353 Å². The fourth-order valence-electron chi connectivity index (χ4n) is 15.0. The van der Waals surface area contributed by atoms with Gasteiger partial charge in [0, 0.05) is 135 Å². The molecule has 746 valence electrons. The van der Waals surface area contributed by atoms with E-state index in [-0.39, 0.29) is 178 Å². The number of carboxylic acids is 7. The lowest BCUT2D eigenvalue weighted by Gasteiger charge is -2.35. The molecule has 135 heavy (non-hydrogen) atoms. The lowest BCUT2D eigenvalue weighted by molar-refractivity contribution is -0.187. The van der Waals surface area contributed by atoms with Crippen LogP contribution in [0.4, 0.5) is 4.79 Å². The maximum absolute atomic E-state index is 14.6. The average molecular weight is 1900 g/mol. The molecule has 1 aromatic heterocycles. The van der Waals surface area contributed by atoms with E-state index in [1.807, 2.05) is 0 Å². The molecule has 2 saturated heterocycles. The maximum Gasteiger partial charge on any atom is 0.331 e. The van der Waals surface area contributed by atoms with Gasteiger partial charge in [0.25, 0.3) is 5.91 Å². The van der Waals surface area contributed by atoms with Crippen LogP contribution < -0.4 is 53.2 Å². The molecule has 2 fully saturated rings. The molecule has 11 amide bonds. The van der Waals surface area contributed by atoms with Crippen molar-refractivity contribution in [3.63, 3.8) is 0 Å². The summed E-state index contributed by atoms with van der Waals surface area (Å²) < 4.78 is 10.4. The Balaban J connectivity index is 1.00. The van der Waals surface area contributed by atoms with Crippen LogP contribution in [0.2, 0.25) is 0 Å². The van der Waals surface area contributed by atoms with Crippen molar-refractivity contribution in [3.8, 4) is 5.75 Å². The summed E-state index contributed by atoms with van der Waals surface area (Å²) in [7, 11) is 0. The van der Waals surface area contributed by atoms with Gasteiger partial charge in [-0.15, -0.1) is 0 Å². The smallest absolute Gasteiger partial charge is 0.331 e. The molecule has 5 rings (SSSR count). The molecule has 0 saturated carbocycles. The zero-order chi connectivity index (χ0) is 99.8. The average Bonchev–Trinajstić information content (AvgIpc) is 1.68. The Labute approximate surface area is 780 Å². The number of carboxylic acid groups (broad SMARTS) is 7. The fraction of sp³-hybridized carbons (Fsp3) is 0.596. The zero-order valence-corrected chi connectivity index (χ0v) is 76.6. The topological polar surface area (TPSA) is 674 Å². The Hall–Kier alpha value is -13.1. The lowest BCUT2D eigenvalue weighted by Crippen LogP contribution is -2.58. The number of aliphatic carboxylic acids is 7. The number of urea groups is 1. The number of aliphatic hydroxyl groups excluding tert-OH is 1.